The van der Waals surface area contributed by atoms with E-state index >= 15 is 0 Å². The number of unbranched alkanes of at least 4 members (excludes halogenated alkanes) is 1. The summed E-state index contributed by atoms with van der Waals surface area (Å²) in [6.45, 7) is 0. The summed E-state index contributed by atoms with van der Waals surface area (Å²) >= 11 is 10.9. The highest BCUT2D eigenvalue weighted by atomic mass is 79.9. The fourth-order valence-corrected chi connectivity index (χ4v) is 2.55. The molecule has 0 spiro atoms. The average Bonchev–Trinajstić information content (AvgIpc) is 2.40. The van der Waals surface area contributed by atoms with Crippen LogP contribution in [0.3, 0.4) is 0 Å². The van der Waals surface area contributed by atoms with Crippen LogP contribution in [0.15, 0.2) is 0 Å². The molecule has 0 N–H and O–H groups in total. The molecule has 152 valence electrons. The largest absolute Gasteiger partial charge is 0.423 e. The first-order valence-electron chi connectivity index (χ1n) is 6.25. The van der Waals surface area contributed by atoms with Crippen molar-refractivity contribution in [1.29, 1.82) is 0 Å². The number of alkyl halides is 13. The van der Waals surface area contributed by atoms with Crippen molar-refractivity contribution in [2.45, 2.75) is 53.4 Å². The Labute approximate surface area is 154 Å². The van der Waals surface area contributed by atoms with E-state index in [-0.39, 0.29) is 18.9 Å². The zero-order valence-electron chi connectivity index (χ0n) is 12.2. The van der Waals surface area contributed by atoms with E-state index in [2.05, 4.69) is 43.9 Å². The van der Waals surface area contributed by atoms with Crippen LogP contribution in [0.4, 0.5) is 43.9 Å². The molecule has 2 unspecified atom stereocenters. The van der Waals surface area contributed by atoms with Crippen molar-refractivity contribution in [3.63, 3.8) is 0 Å². The summed E-state index contributed by atoms with van der Waals surface area (Å²) in [6, 6.07) is 0. The lowest BCUT2D eigenvalue weighted by molar-refractivity contribution is -0.401. The molecule has 0 aliphatic carbocycles. The maximum Gasteiger partial charge on any atom is 0.423 e. The Morgan fingerprint density at radius 1 is 0.800 bits per heavy atom. The minimum absolute atomic E-state index is 0.0125. The highest BCUT2D eigenvalue weighted by Gasteiger charge is 2.87. The molecule has 0 saturated carbocycles. The standard InChI is InChI=1S/C11H11BrCl2F10O/c1-25-6(11(22,23)24,4-2-3-5-12)8(16,17)9(18,19)7(13,15)10(14,20)21/h2-5H2,1H3. The molecule has 2 atom stereocenters. The van der Waals surface area contributed by atoms with Crippen molar-refractivity contribution in [3.05, 3.63) is 0 Å². The Morgan fingerprint density at radius 3 is 1.52 bits per heavy atom. The van der Waals surface area contributed by atoms with E-state index in [0.717, 1.165) is 0 Å². The molecule has 0 aromatic rings. The highest BCUT2D eigenvalue weighted by Crippen LogP contribution is 2.62. The Bertz CT molecular complexity index is 451. The van der Waals surface area contributed by atoms with E-state index in [1.54, 1.807) is 0 Å². The van der Waals surface area contributed by atoms with Crippen LogP contribution < -0.4 is 0 Å². The van der Waals surface area contributed by atoms with Crippen molar-refractivity contribution in [3.8, 4) is 0 Å². The first-order chi connectivity index (χ1) is 10.9. The first-order valence-corrected chi connectivity index (χ1v) is 8.13. The smallest absolute Gasteiger partial charge is 0.363 e. The van der Waals surface area contributed by atoms with Crippen molar-refractivity contribution < 1.29 is 48.6 Å². The molecule has 0 amide bonds. The second-order valence-electron chi connectivity index (χ2n) is 4.90. The molecule has 0 rings (SSSR count). The van der Waals surface area contributed by atoms with Gasteiger partial charge in [0.2, 0.25) is 5.60 Å². The van der Waals surface area contributed by atoms with Gasteiger partial charge in [-0.3, -0.25) is 0 Å². The number of hydrogen-bond acceptors (Lipinski definition) is 1. The van der Waals surface area contributed by atoms with E-state index in [1.807, 2.05) is 0 Å². The van der Waals surface area contributed by atoms with Crippen LogP contribution in [-0.4, -0.2) is 46.6 Å². The van der Waals surface area contributed by atoms with Crippen molar-refractivity contribution in [1.82, 2.24) is 0 Å². The SMILES string of the molecule is COC(CCCCBr)(C(F)(F)F)C(F)(F)C(F)(F)C(F)(Cl)C(F)(F)Cl. The van der Waals surface area contributed by atoms with Gasteiger partial charge >= 0.3 is 28.5 Å². The number of methoxy groups -OCH3 is 1. The first kappa shape index (κ1) is 25.3. The van der Waals surface area contributed by atoms with Gasteiger partial charge < -0.3 is 4.74 Å². The normalized spacial score (nSPS) is 19.4. The minimum Gasteiger partial charge on any atom is -0.363 e. The van der Waals surface area contributed by atoms with Gasteiger partial charge in [-0.1, -0.05) is 27.5 Å². The fraction of sp³-hybridized carbons (Fsp3) is 1.00. The van der Waals surface area contributed by atoms with Crippen molar-refractivity contribution in [2.24, 2.45) is 0 Å². The Balaban J connectivity index is 6.40. The van der Waals surface area contributed by atoms with Crippen LogP contribution in [-0.2, 0) is 4.74 Å². The third kappa shape index (κ3) is 4.11. The molecule has 0 aromatic heterocycles. The minimum atomic E-state index is -6.76. The van der Waals surface area contributed by atoms with E-state index < -0.39 is 47.0 Å². The average molecular weight is 500 g/mol. The highest BCUT2D eigenvalue weighted by molar-refractivity contribution is 9.09. The van der Waals surface area contributed by atoms with E-state index in [0.29, 0.717) is 0 Å². The van der Waals surface area contributed by atoms with E-state index in [9.17, 15) is 43.9 Å². The second-order valence-corrected chi connectivity index (χ2v) is 6.68. The fourth-order valence-electron chi connectivity index (χ4n) is 1.92. The van der Waals surface area contributed by atoms with Gasteiger partial charge in [0, 0.05) is 12.4 Å². The van der Waals surface area contributed by atoms with Crippen molar-refractivity contribution in [2.75, 3.05) is 12.4 Å². The van der Waals surface area contributed by atoms with E-state index in [4.69, 9.17) is 0 Å². The molecule has 0 fully saturated rings. The van der Waals surface area contributed by atoms with Gasteiger partial charge in [-0.2, -0.15) is 39.5 Å². The maximum absolute atomic E-state index is 14.1. The zero-order valence-corrected chi connectivity index (χ0v) is 15.2. The lowest BCUT2D eigenvalue weighted by Gasteiger charge is -2.46. The molecule has 0 radical (unpaired) electrons. The summed E-state index contributed by atoms with van der Waals surface area (Å²) in [6.07, 6.45) is -8.88. The molecule has 0 aromatic carbocycles. The molecule has 1 nitrogen and oxygen atoms in total. The predicted molar refractivity (Wildman–Crippen MR) is 73.8 cm³/mol. The molecule has 0 saturated heterocycles. The van der Waals surface area contributed by atoms with Gasteiger partial charge in [-0.25, -0.2) is 4.39 Å². The third-order valence-electron chi connectivity index (χ3n) is 3.37. The Hall–Kier alpha value is 0.320. The van der Waals surface area contributed by atoms with Crippen LogP contribution >= 0.6 is 39.1 Å². The Kier molecular flexibility index (Phi) is 7.85. The zero-order chi connectivity index (χ0) is 20.5. The van der Waals surface area contributed by atoms with Gasteiger partial charge in [-0.05, 0) is 30.9 Å². The summed E-state index contributed by atoms with van der Waals surface area (Å²) < 4.78 is 138. The molecule has 0 aliphatic heterocycles. The summed E-state index contributed by atoms with van der Waals surface area (Å²) in [5, 5.41) is -11.8. The summed E-state index contributed by atoms with van der Waals surface area (Å²) in [7, 11) is 0.0125. The number of hydrogen-bond donors (Lipinski definition) is 0. The van der Waals surface area contributed by atoms with Gasteiger partial charge in [0.05, 0.1) is 0 Å². The predicted octanol–water partition coefficient (Wildman–Crippen LogP) is 6.51. The molecular weight excluding hydrogens is 489 g/mol. The number of ether oxygens (including phenoxy) is 1. The van der Waals surface area contributed by atoms with Crippen LogP contribution in [0.25, 0.3) is 0 Å². The molecule has 0 bridgehead atoms. The van der Waals surface area contributed by atoms with E-state index in [1.165, 1.54) is 0 Å². The summed E-state index contributed by atoms with van der Waals surface area (Å²) in [4.78, 5) is 0. The second kappa shape index (κ2) is 7.75. The molecular formula is C11H11BrCl2F10O. The molecule has 0 heterocycles. The van der Waals surface area contributed by atoms with Gasteiger partial charge in [0.1, 0.15) is 0 Å². The lowest BCUT2D eigenvalue weighted by atomic mass is 9.83. The van der Waals surface area contributed by atoms with Crippen LogP contribution in [0.5, 0.6) is 0 Å². The molecule has 0 aliphatic rings. The number of rotatable bonds is 9. The maximum atomic E-state index is 14.1. The van der Waals surface area contributed by atoms with Crippen LogP contribution in [0.1, 0.15) is 19.3 Å². The van der Waals surface area contributed by atoms with Crippen LogP contribution in [0.2, 0.25) is 0 Å². The summed E-state index contributed by atoms with van der Waals surface area (Å²) in [5.74, 6) is -13.3. The number of halogens is 13. The van der Waals surface area contributed by atoms with Gasteiger partial charge in [0.15, 0.2) is 0 Å². The monoisotopic (exact) mass is 498 g/mol. The lowest BCUT2D eigenvalue weighted by Crippen LogP contribution is -2.72. The van der Waals surface area contributed by atoms with Crippen molar-refractivity contribution >= 4 is 39.1 Å². The molecule has 25 heavy (non-hydrogen) atoms. The quantitative estimate of drug-likeness (QED) is 0.200. The summed E-state index contributed by atoms with van der Waals surface area (Å²) in [5.41, 5.74) is -4.99. The third-order valence-corrected chi connectivity index (χ3v) is 4.76. The Morgan fingerprint density at radius 2 is 1.24 bits per heavy atom. The van der Waals surface area contributed by atoms with Gasteiger partial charge in [-0.15, -0.1) is 0 Å². The topological polar surface area (TPSA) is 9.23 Å². The molecule has 14 heteroatoms. The van der Waals surface area contributed by atoms with Gasteiger partial charge in [0.25, 0.3) is 0 Å². The van der Waals surface area contributed by atoms with Crippen LogP contribution in [0, 0.1) is 0 Å².